The van der Waals surface area contributed by atoms with Gasteiger partial charge in [0.2, 0.25) is 0 Å². The van der Waals surface area contributed by atoms with Crippen molar-refractivity contribution in [2.24, 2.45) is 0 Å². The Morgan fingerprint density at radius 3 is 0.699 bits per heavy atom. The van der Waals surface area contributed by atoms with Gasteiger partial charge in [0.05, 0.1) is 26.4 Å². The van der Waals surface area contributed by atoms with Gasteiger partial charge < -0.3 is 34.2 Å². The number of carbonyl (C=O) groups excluding carboxylic acids is 3. The van der Waals surface area contributed by atoms with Crippen LogP contribution in [0.1, 0.15) is 303 Å². The maximum Gasteiger partial charge on any atom is 0.472 e. The molecule has 0 amide bonds. The molecule has 5 atom stereocenters. The van der Waals surface area contributed by atoms with Crippen LogP contribution < -0.4 is 0 Å². The van der Waals surface area contributed by atoms with Crippen molar-refractivity contribution in [1.82, 2.24) is 0 Å². The average molecular weight is 1610 g/mol. The maximum atomic E-state index is 13.1. The van der Waals surface area contributed by atoms with Crippen LogP contribution in [0.4, 0.5) is 0 Å². The van der Waals surface area contributed by atoms with E-state index in [-0.39, 0.29) is 19.3 Å². The smallest absolute Gasteiger partial charge is 0.463 e. The summed E-state index contributed by atoms with van der Waals surface area (Å²) in [4.78, 5) is 58.9. The Hall–Kier alpha value is -6.13. The molecule has 0 heterocycles. The topological polar surface area (TPSA) is 231 Å². The summed E-state index contributed by atoms with van der Waals surface area (Å²) in [5.41, 5.74) is 0. The molecule has 0 radical (unpaired) electrons. The van der Waals surface area contributed by atoms with Gasteiger partial charge in [0.25, 0.3) is 0 Å². The third kappa shape index (κ3) is 86.6. The van der Waals surface area contributed by atoms with E-state index in [4.69, 9.17) is 32.3 Å². The van der Waals surface area contributed by atoms with E-state index in [1.165, 1.54) is 19.3 Å². The number of hydrogen-bond acceptors (Lipinski definition) is 14. The SMILES string of the molecule is CC/C=C\C/C=C\C/C=C\C/C=C\C/C=C\C/C=C\CCCCCCCCCCC(=O)OCC(O)COP(=O)(O)OCC(O)COP(=O)(O)OCC(COC(=O)CCCCCCCC/C=C\C/C=C\C/C=C\C/C=C\C/C=C\C/C=C\CC)OC(=O)CCCCCCCC/C=C\C/C=C\C/C=C\C/C=C\C/C=C\C/C=C\CC. The van der Waals surface area contributed by atoms with Crippen LogP contribution in [-0.2, 0) is 55.8 Å². The predicted octanol–water partition coefficient (Wildman–Crippen LogP) is 26.2. The lowest BCUT2D eigenvalue weighted by atomic mass is 10.1. The van der Waals surface area contributed by atoms with E-state index in [0.717, 1.165) is 225 Å². The van der Waals surface area contributed by atoms with Gasteiger partial charge in [-0.15, -0.1) is 0 Å². The van der Waals surface area contributed by atoms with E-state index in [1.54, 1.807) is 0 Å². The minimum Gasteiger partial charge on any atom is -0.463 e. The molecular weight excluding hydrogens is 1460 g/mol. The Balaban J connectivity index is 4.76. The molecule has 638 valence electrons. The van der Waals surface area contributed by atoms with Gasteiger partial charge in [-0.2, -0.15) is 0 Å². The van der Waals surface area contributed by atoms with Crippen LogP contribution in [0.3, 0.4) is 0 Å². The first-order valence-electron chi connectivity index (χ1n) is 43.0. The Morgan fingerprint density at radius 2 is 0.442 bits per heavy atom. The lowest BCUT2D eigenvalue weighted by Crippen LogP contribution is -2.30. The number of phosphoric ester groups is 2. The molecule has 0 aliphatic rings. The van der Waals surface area contributed by atoms with Crippen LogP contribution in [0.25, 0.3) is 0 Å². The van der Waals surface area contributed by atoms with Crippen molar-refractivity contribution in [2.75, 3.05) is 39.6 Å². The van der Waals surface area contributed by atoms with Crippen molar-refractivity contribution in [1.29, 1.82) is 0 Å². The van der Waals surface area contributed by atoms with E-state index in [2.05, 4.69) is 240 Å². The highest BCUT2D eigenvalue weighted by Crippen LogP contribution is 2.45. The minimum atomic E-state index is -4.96. The fourth-order valence-electron chi connectivity index (χ4n) is 10.8. The monoisotopic (exact) mass is 1610 g/mol. The summed E-state index contributed by atoms with van der Waals surface area (Å²) in [7, 11) is -9.84. The van der Waals surface area contributed by atoms with E-state index in [9.17, 15) is 43.5 Å². The number of aliphatic hydroxyl groups excluding tert-OH is 2. The number of esters is 3. The first kappa shape index (κ1) is 107. The summed E-state index contributed by atoms with van der Waals surface area (Å²) >= 11 is 0. The zero-order valence-corrected chi connectivity index (χ0v) is 71.7. The van der Waals surface area contributed by atoms with Crippen LogP contribution >= 0.6 is 15.6 Å². The van der Waals surface area contributed by atoms with E-state index in [0.29, 0.717) is 19.3 Å². The van der Waals surface area contributed by atoms with Crippen molar-refractivity contribution in [2.45, 2.75) is 322 Å². The molecule has 0 aromatic heterocycles. The third-order valence-electron chi connectivity index (χ3n) is 17.2. The van der Waals surface area contributed by atoms with Gasteiger partial charge in [-0.25, -0.2) is 9.13 Å². The number of rotatable bonds is 79. The maximum absolute atomic E-state index is 13.1. The second-order valence-electron chi connectivity index (χ2n) is 27.8. The number of hydrogen-bond donors (Lipinski definition) is 4. The highest BCUT2D eigenvalue weighted by Gasteiger charge is 2.29. The van der Waals surface area contributed by atoms with Crippen LogP contribution in [0.15, 0.2) is 219 Å². The summed E-state index contributed by atoms with van der Waals surface area (Å²) in [5.74, 6) is -1.63. The zero-order valence-electron chi connectivity index (χ0n) is 70.0. The molecule has 0 aromatic rings. The molecule has 0 saturated heterocycles. The quantitative estimate of drug-likeness (QED) is 0.0146. The average Bonchev–Trinajstić information content (AvgIpc) is 0.897. The van der Waals surface area contributed by atoms with Crippen molar-refractivity contribution in [3.63, 3.8) is 0 Å². The molecule has 0 saturated carbocycles. The van der Waals surface area contributed by atoms with E-state index in [1.807, 2.05) is 0 Å². The molecule has 0 aliphatic carbocycles. The summed E-state index contributed by atoms with van der Waals surface area (Å²) in [5, 5.41) is 20.7. The summed E-state index contributed by atoms with van der Waals surface area (Å²) in [6.45, 7) is 2.28. The standard InChI is InChI=1S/C95H152O16P2/c1-4-7-10-13-16-19-22-25-28-31-34-37-40-43-44-47-49-51-54-57-60-63-66-69-72-75-78-81-93(98)105-84-90(96)85-107-112(101,102)108-86-91(97)87-109-113(103,104)110-89-92(111-95(100)83-80-77-74-71-68-65-62-59-56-53-50-46-42-39-36-33-30-27-24-21-18-15-12-9-6-3)88-106-94(99)82-79-76-73-70-67-64-61-58-55-52-48-45-41-38-35-32-29-26-23-20-17-14-11-8-5-2/h7-12,16-21,25-30,34-39,43-46,48-51,55-56,58-59,90-92,96-97H,4-6,13-15,22-24,31-33,40-42,47,52-54,57,60-89H2,1-3H3,(H,101,102)(H,103,104)/b10-7-,11-8-,12-9-,19-16-,20-17-,21-18-,28-25-,29-26-,30-27-,37-34-,38-35-,39-36-,44-43-,48-45-,50-46-,51-49-,58-55-,59-56-. The number of aliphatic hydroxyl groups is 2. The lowest BCUT2D eigenvalue weighted by molar-refractivity contribution is -0.161. The fraction of sp³-hybridized carbons (Fsp3) is 0.589. The highest BCUT2D eigenvalue weighted by molar-refractivity contribution is 7.47. The summed E-state index contributed by atoms with van der Waals surface area (Å²) < 4.78 is 61.4. The number of ether oxygens (including phenoxy) is 3. The lowest BCUT2D eigenvalue weighted by Gasteiger charge is -2.21. The Labute approximate surface area is 685 Å². The largest absolute Gasteiger partial charge is 0.472 e. The molecule has 5 unspecified atom stereocenters. The molecule has 0 aromatic carbocycles. The molecule has 0 fully saturated rings. The second kappa shape index (κ2) is 85.2. The summed E-state index contributed by atoms with van der Waals surface area (Å²) in [6, 6.07) is 0. The third-order valence-corrected chi connectivity index (χ3v) is 19.1. The van der Waals surface area contributed by atoms with Crippen LogP contribution in [-0.4, -0.2) is 95.9 Å². The van der Waals surface area contributed by atoms with Gasteiger partial charge >= 0.3 is 33.6 Å². The molecule has 0 rings (SSSR count). The molecule has 0 bridgehead atoms. The Bertz CT molecular complexity index is 2930. The molecule has 0 aliphatic heterocycles. The molecule has 0 spiro atoms. The van der Waals surface area contributed by atoms with E-state index >= 15 is 0 Å². The van der Waals surface area contributed by atoms with Crippen molar-refractivity contribution < 1.29 is 75.8 Å². The number of allylic oxidation sites excluding steroid dienone is 36. The molecule has 113 heavy (non-hydrogen) atoms. The molecular formula is C95H152O16P2. The van der Waals surface area contributed by atoms with Crippen LogP contribution in [0.2, 0.25) is 0 Å². The highest BCUT2D eigenvalue weighted by atomic mass is 31.2. The fourth-order valence-corrected chi connectivity index (χ4v) is 12.3. The van der Waals surface area contributed by atoms with Gasteiger partial charge in [0.15, 0.2) is 6.10 Å². The minimum absolute atomic E-state index is 0.0735. The number of unbranched alkanes of at least 4 members (excludes halogenated alkanes) is 20. The zero-order chi connectivity index (χ0) is 82.2. The first-order valence-corrected chi connectivity index (χ1v) is 46.0. The van der Waals surface area contributed by atoms with Gasteiger partial charge in [0.1, 0.15) is 25.4 Å². The van der Waals surface area contributed by atoms with Gasteiger partial charge in [-0.1, -0.05) is 329 Å². The van der Waals surface area contributed by atoms with Gasteiger partial charge in [0, 0.05) is 19.3 Å². The van der Waals surface area contributed by atoms with Crippen molar-refractivity contribution in [3.05, 3.63) is 219 Å². The number of phosphoric acid groups is 2. The normalized spacial score (nSPS) is 14.9. The van der Waals surface area contributed by atoms with Crippen molar-refractivity contribution in [3.8, 4) is 0 Å². The van der Waals surface area contributed by atoms with Crippen molar-refractivity contribution >= 4 is 33.6 Å². The second-order valence-corrected chi connectivity index (χ2v) is 30.7. The van der Waals surface area contributed by atoms with Gasteiger partial charge in [-0.3, -0.25) is 32.5 Å². The first-order chi connectivity index (χ1) is 55.2. The van der Waals surface area contributed by atoms with Gasteiger partial charge in [-0.05, 0) is 173 Å². The molecule has 16 nitrogen and oxygen atoms in total. The number of carbonyl (C=O) groups is 3. The van der Waals surface area contributed by atoms with E-state index < -0.39 is 91.5 Å². The van der Waals surface area contributed by atoms with Crippen LogP contribution in [0, 0.1) is 0 Å². The Kier molecular flexibility index (Phi) is 80.6. The summed E-state index contributed by atoms with van der Waals surface area (Å²) in [6.07, 6.45) is 115. The predicted molar refractivity (Wildman–Crippen MR) is 472 cm³/mol. The van der Waals surface area contributed by atoms with Crippen LogP contribution in [0.5, 0.6) is 0 Å². The molecule has 18 heteroatoms. The Morgan fingerprint density at radius 1 is 0.248 bits per heavy atom. The molecule has 4 N–H and O–H groups in total.